The molecule has 0 radical (unpaired) electrons. The second-order valence-corrected chi connectivity index (χ2v) is 16.1. The third-order valence-electron chi connectivity index (χ3n) is 10.7. The molecule has 2 aliphatic carbocycles. The Hall–Kier alpha value is -4.35. The number of hydrogen-bond donors (Lipinski definition) is 3. The molecular weight excluding hydrogens is 648 g/mol. The van der Waals surface area contributed by atoms with E-state index in [1.165, 1.54) is 11.3 Å². The van der Waals surface area contributed by atoms with Crippen molar-refractivity contribution in [1.82, 2.24) is 25.8 Å². The number of rotatable bonds is 12. The van der Waals surface area contributed by atoms with Crippen LogP contribution in [0.1, 0.15) is 110 Å². The van der Waals surface area contributed by atoms with Crippen LogP contribution in [0, 0.1) is 11.3 Å². The van der Waals surface area contributed by atoms with Crippen molar-refractivity contribution in [2.24, 2.45) is 16.5 Å². The number of carbonyl (C=O) groups is 5. The molecule has 3 N–H and O–H groups in total. The lowest BCUT2D eigenvalue weighted by atomic mass is 9.84. The highest BCUT2D eigenvalue weighted by atomic mass is 16.7. The van der Waals surface area contributed by atoms with E-state index in [1.807, 2.05) is 58.0 Å². The first-order valence-electron chi connectivity index (χ1n) is 18.7. The van der Waals surface area contributed by atoms with Crippen LogP contribution in [0.4, 0.5) is 0 Å². The Morgan fingerprint density at radius 3 is 2.45 bits per heavy atom. The maximum absolute atomic E-state index is 14.7. The molecule has 2 saturated carbocycles. The van der Waals surface area contributed by atoms with Crippen molar-refractivity contribution >= 4 is 46.0 Å². The Labute approximate surface area is 299 Å². The van der Waals surface area contributed by atoms with Gasteiger partial charge in [0.1, 0.15) is 12.1 Å². The molecule has 4 amide bonds. The molecule has 1 spiro atoms. The molecule has 1 aromatic heterocycles. The minimum atomic E-state index is -1.04. The molecule has 1 saturated heterocycles. The van der Waals surface area contributed by atoms with Gasteiger partial charge in [0.15, 0.2) is 5.60 Å². The van der Waals surface area contributed by atoms with Gasteiger partial charge in [0.2, 0.25) is 23.5 Å². The summed E-state index contributed by atoms with van der Waals surface area (Å²) in [5.41, 5.74) is 0.556. The van der Waals surface area contributed by atoms with Gasteiger partial charge in [-0.05, 0) is 49.5 Å². The quantitative estimate of drug-likeness (QED) is 0.278. The molecular formula is C39H52N6O6. The first-order valence-corrected chi connectivity index (χ1v) is 18.7. The molecule has 12 heteroatoms. The van der Waals surface area contributed by atoms with Gasteiger partial charge in [-0.15, -0.1) is 0 Å². The van der Waals surface area contributed by atoms with Gasteiger partial charge in [0, 0.05) is 42.5 Å². The molecule has 3 heterocycles. The van der Waals surface area contributed by atoms with Crippen LogP contribution in [0.2, 0.25) is 0 Å². The third-order valence-corrected chi connectivity index (χ3v) is 10.7. The second-order valence-electron chi connectivity index (χ2n) is 16.1. The Bertz CT molecular complexity index is 1690. The van der Waals surface area contributed by atoms with Crippen molar-refractivity contribution in [3.8, 4) is 0 Å². The lowest BCUT2D eigenvalue weighted by Gasteiger charge is -2.36. The van der Waals surface area contributed by atoms with Crippen molar-refractivity contribution < 1.29 is 28.8 Å². The van der Waals surface area contributed by atoms with Crippen LogP contribution in [0.5, 0.6) is 0 Å². The Kier molecular flexibility index (Phi) is 10.8. The van der Waals surface area contributed by atoms with Gasteiger partial charge in [0.05, 0.1) is 23.8 Å². The van der Waals surface area contributed by atoms with Crippen LogP contribution in [-0.2, 0) is 28.8 Å². The SMILES string of the molecule is CCC[C@H](NC(=O)[C@@H]1C[C@@]2(CC(c3cccc4cccnc34)=NO2)CN1C(=O)[C@@H](NC(=O)CC1CCCCC1)C(C)(C)C)C(=O)C(=O)NC1CC1. The van der Waals surface area contributed by atoms with Crippen molar-refractivity contribution in [2.45, 2.75) is 135 Å². The maximum atomic E-state index is 14.7. The zero-order valence-corrected chi connectivity index (χ0v) is 30.3. The number of benzene rings is 1. The molecule has 0 unspecified atom stereocenters. The van der Waals surface area contributed by atoms with E-state index in [9.17, 15) is 24.0 Å². The normalized spacial score (nSPS) is 23.3. The molecule has 51 heavy (non-hydrogen) atoms. The summed E-state index contributed by atoms with van der Waals surface area (Å²) in [5, 5.41) is 14.1. The van der Waals surface area contributed by atoms with Crippen molar-refractivity contribution in [1.29, 1.82) is 0 Å². The monoisotopic (exact) mass is 700 g/mol. The zero-order chi connectivity index (χ0) is 36.3. The van der Waals surface area contributed by atoms with E-state index in [1.54, 1.807) is 6.20 Å². The number of nitrogens with one attached hydrogen (secondary N) is 3. The van der Waals surface area contributed by atoms with Crippen LogP contribution in [-0.4, -0.2) is 81.3 Å². The molecule has 6 rings (SSSR count). The molecule has 3 fully saturated rings. The van der Waals surface area contributed by atoms with Gasteiger partial charge < -0.3 is 25.7 Å². The van der Waals surface area contributed by atoms with E-state index in [0.717, 1.165) is 55.0 Å². The standard InChI is InChI=1S/C39H52N6O6/c1-5-11-28(33(47)36(49)41-26-17-18-26)42-35(48)30-22-39(21-29(44-51-39)27-16-9-14-25-15-10-19-40-32(25)27)23-45(30)37(50)34(38(2,3)4)43-31(46)20-24-12-7-6-8-13-24/h9-10,14-16,19,24,26,28,30,34H,5-8,11-13,17-18,20-23H2,1-4H3,(H,41,49)(H,42,48)(H,43,46)/t28-,30-,34+,39-/m0/s1. The highest BCUT2D eigenvalue weighted by Crippen LogP contribution is 2.41. The van der Waals surface area contributed by atoms with Gasteiger partial charge in [-0.3, -0.25) is 29.0 Å². The van der Waals surface area contributed by atoms with E-state index in [-0.39, 0.29) is 31.3 Å². The fourth-order valence-electron chi connectivity index (χ4n) is 7.77. The lowest BCUT2D eigenvalue weighted by molar-refractivity contribution is -0.145. The molecule has 2 aromatic rings. The summed E-state index contributed by atoms with van der Waals surface area (Å²) in [6.45, 7) is 7.61. The number of carbonyl (C=O) groups excluding carboxylic acids is 5. The highest BCUT2D eigenvalue weighted by Gasteiger charge is 2.56. The minimum Gasteiger partial charge on any atom is -0.387 e. The highest BCUT2D eigenvalue weighted by molar-refractivity contribution is 6.38. The average molecular weight is 701 g/mol. The number of amides is 4. The van der Waals surface area contributed by atoms with E-state index < -0.39 is 52.6 Å². The summed E-state index contributed by atoms with van der Waals surface area (Å²) in [4.78, 5) is 80.6. The minimum absolute atomic E-state index is 0.00414. The van der Waals surface area contributed by atoms with Crippen molar-refractivity contribution in [2.75, 3.05) is 6.54 Å². The second kappa shape index (κ2) is 15.1. The molecule has 1 aromatic carbocycles. The first kappa shape index (κ1) is 36.4. The first-order chi connectivity index (χ1) is 24.4. The maximum Gasteiger partial charge on any atom is 0.289 e. The summed E-state index contributed by atoms with van der Waals surface area (Å²) in [5.74, 6) is -2.23. The van der Waals surface area contributed by atoms with Gasteiger partial charge in [-0.1, -0.05) is 82.8 Å². The average Bonchev–Trinajstić information content (AvgIpc) is 3.71. The fourth-order valence-corrected chi connectivity index (χ4v) is 7.77. The predicted octanol–water partition coefficient (Wildman–Crippen LogP) is 4.33. The van der Waals surface area contributed by atoms with Gasteiger partial charge >= 0.3 is 0 Å². The number of fused-ring (bicyclic) bond motifs is 1. The van der Waals surface area contributed by atoms with Crippen molar-refractivity contribution in [3.63, 3.8) is 0 Å². The Morgan fingerprint density at radius 2 is 1.75 bits per heavy atom. The Balaban J connectivity index is 1.26. The smallest absolute Gasteiger partial charge is 0.289 e. The number of oxime groups is 1. The lowest BCUT2D eigenvalue weighted by Crippen LogP contribution is -2.59. The molecule has 4 aliphatic rings. The number of likely N-dealkylation sites (tertiary alicyclic amines) is 1. The molecule has 274 valence electrons. The number of para-hydroxylation sites is 1. The largest absolute Gasteiger partial charge is 0.387 e. The Morgan fingerprint density at radius 1 is 1.00 bits per heavy atom. The third kappa shape index (κ3) is 8.42. The number of aromatic nitrogens is 1. The number of nitrogens with zero attached hydrogens (tertiary/aromatic N) is 3. The summed E-state index contributed by atoms with van der Waals surface area (Å²) in [6.07, 6.45) is 10.4. The van der Waals surface area contributed by atoms with Crippen LogP contribution in [0.25, 0.3) is 10.9 Å². The fraction of sp³-hybridized carbons (Fsp3) is 0.615. The molecule has 12 nitrogen and oxygen atoms in total. The van der Waals surface area contributed by atoms with Gasteiger partial charge in [0.25, 0.3) is 5.91 Å². The molecule has 2 aliphatic heterocycles. The molecule has 0 bridgehead atoms. The summed E-state index contributed by atoms with van der Waals surface area (Å²) < 4.78 is 0. The summed E-state index contributed by atoms with van der Waals surface area (Å²) in [6, 6.07) is 6.70. The number of Topliss-reactive ketones (excluding diaryl/α,β-unsaturated/α-hetero) is 1. The van der Waals surface area contributed by atoms with Crippen molar-refractivity contribution in [3.05, 3.63) is 42.1 Å². The number of hydrogen-bond acceptors (Lipinski definition) is 8. The van der Waals surface area contributed by atoms with Crippen LogP contribution < -0.4 is 16.0 Å². The van der Waals surface area contributed by atoms with Crippen LogP contribution >= 0.6 is 0 Å². The zero-order valence-electron chi connectivity index (χ0n) is 30.3. The van der Waals surface area contributed by atoms with E-state index in [4.69, 9.17) is 4.84 Å². The topological polar surface area (TPSA) is 159 Å². The summed E-state index contributed by atoms with van der Waals surface area (Å²) >= 11 is 0. The van der Waals surface area contributed by atoms with Crippen LogP contribution in [0.3, 0.4) is 0 Å². The number of ketones is 1. The van der Waals surface area contributed by atoms with E-state index >= 15 is 0 Å². The molecule has 4 atom stereocenters. The number of pyridine rings is 1. The van der Waals surface area contributed by atoms with E-state index in [2.05, 4.69) is 26.1 Å². The van der Waals surface area contributed by atoms with Crippen LogP contribution in [0.15, 0.2) is 41.7 Å². The predicted molar refractivity (Wildman–Crippen MR) is 192 cm³/mol. The van der Waals surface area contributed by atoms with E-state index in [0.29, 0.717) is 30.9 Å². The van der Waals surface area contributed by atoms with Gasteiger partial charge in [-0.2, -0.15) is 0 Å². The summed E-state index contributed by atoms with van der Waals surface area (Å²) in [7, 11) is 0. The van der Waals surface area contributed by atoms with Gasteiger partial charge in [-0.25, -0.2) is 0 Å².